The van der Waals surface area contributed by atoms with Gasteiger partial charge in [0.1, 0.15) is 11.5 Å². The summed E-state index contributed by atoms with van der Waals surface area (Å²) < 4.78 is 0. The van der Waals surface area contributed by atoms with Gasteiger partial charge in [-0.3, -0.25) is 9.98 Å². The van der Waals surface area contributed by atoms with Gasteiger partial charge in [0.15, 0.2) is 0 Å². The minimum Gasteiger partial charge on any atom is -0.507 e. The molecule has 1 saturated carbocycles. The lowest BCUT2D eigenvalue weighted by molar-refractivity contribution is 0.387. The number of phenolic OH excluding ortho intramolecular Hbond substituents is 2. The fourth-order valence-electron chi connectivity index (χ4n) is 3.93. The Hall–Kier alpha value is -2.62. The second-order valence-electron chi connectivity index (χ2n) is 7.31. The fourth-order valence-corrected chi connectivity index (χ4v) is 3.93. The van der Waals surface area contributed by atoms with E-state index in [0.717, 1.165) is 61.1 Å². The molecule has 0 aliphatic heterocycles. The van der Waals surface area contributed by atoms with Gasteiger partial charge in [0.25, 0.3) is 0 Å². The quantitative estimate of drug-likeness (QED) is 0.651. The monoisotopic (exact) mass is 378 g/mol. The van der Waals surface area contributed by atoms with Gasteiger partial charge in [-0.2, -0.15) is 0 Å². The molecule has 3 rings (SSSR count). The molecule has 1 aliphatic carbocycles. The Kier molecular flexibility index (Phi) is 6.85. The SMILES string of the molecule is CCC(=NC1CCCCC1N=C(CC)c1ccccc1O)c1ccccc1O. The van der Waals surface area contributed by atoms with Gasteiger partial charge in [-0.05, 0) is 49.9 Å². The third kappa shape index (κ3) is 4.61. The van der Waals surface area contributed by atoms with E-state index in [0.29, 0.717) is 0 Å². The lowest BCUT2D eigenvalue weighted by Gasteiger charge is -2.28. The summed E-state index contributed by atoms with van der Waals surface area (Å²) in [6, 6.07) is 15.0. The summed E-state index contributed by atoms with van der Waals surface area (Å²) in [4.78, 5) is 10.1. The lowest BCUT2D eigenvalue weighted by atomic mass is 9.90. The molecule has 4 nitrogen and oxygen atoms in total. The fraction of sp³-hybridized carbons (Fsp3) is 0.417. The molecule has 0 aromatic heterocycles. The second-order valence-corrected chi connectivity index (χ2v) is 7.31. The summed E-state index contributed by atoms with van der Waals surface area (Å²) in [7, 11) is 0. The number of hydrogen-bond donors (Lipinski definition) is 2. The van der Waals surface area contributed by atoms with E-state index in [1.54, 1.807) is 12.1 Å². The average Bonchev–Trinajstić information content (AvgIpc) is 2.72. The summed E-state index contributed by atoms with van der Waals surface area (Å²) >= 11 is 0. The number of phenols is 2. The van der Waals surface area contributed by atoms with E-state index in [1.807, 2.05) is 36.4 Å². The summed E-state index contributed by atoms with van der Waals surface area (Å²) in [5.41, 5.74) is 3.50. The number of rotatable bonds is 6. The molecule has 4 heteroatoms. The van der Waals surface area contributed by atoms with E-state index in [4.69, 9.17) is 9.98 Å². The topological polar surface area (TPSA) is 65.2 Å². The maximum atomic E-state index is 10.2. The Bertz CT molecular complexity index is 786. The first-order valence-electron chi connectivity index (χ1n) is 10.3. The summed E-state index contributed by atoms with van der Waals surface area (Å²) in [6.07, 6.45) is 5.84. The zero-order valence-corrected chi connectivity index (χ0v) is 16.8. The van der Waals surface area contributed by atoms with Crippen molar-refractivity contribution in [1.29, 1.82) is 0 Å². The smallest absolute Gasteiger partial charge is 0.124 e. The number of benzene rings is 2. The third-order valence-electron chi connectivity index (χ3n) is 5.44. The molecular weight excluding hydrogens is 348 g/mol. The zero-order chi connectivity index (χ0) is 19.9. The Morgan fingerprint density at radius 2 is 1.14 bits per heavy atom. The molecule has 148 valence electrons. The maximum absolute atomic E-state index is 10.2. The van der Waals surface area contributed by atoms with E-state index in [-0.39, 0.29) is 23.6 Å². The Balaban J connectivity index is 1.93. The van der Waals surface area contributed by atoms with Crippen molar-refractivity contribution in [3.8, 4) is 11.5 Å². The van der Waals surface area contributed by atoms with Crippen LogP contribution in [0.2, 0.25) is 0 Å². The van der Waals surface area contributed by atoms with Crippen molar-refractivity contribution in [3.05, 3.63) is 59.7 Å². The zero-order valence-electron chi connectivity index (χ0n) is 16.8. The van der Waals surface area contributed by atoms with Crippen LogP contribution in [0.3, 0.4) is 0 Å². The van der Waals surface area contributed by atoms with E-state index in [9.17, 15) is 10.2 Å². The molecular formula is C24H30N2O2. The van der Waals surface area contributed by atoms with E-state index >= 15 is 0 Å². The van der Waals surface area contributed by atoms with Gasteiger partial charge in [-0.15, -0.1) is 0 Å². The molecule has 0 bridgehead atoms. The van der Waals surface area contributed by atoms with Crippen molar-refractivity contribution >= 4 is 11.4 Å². The van der Waals surface area contributed by atoms with Crippen molar-refractivity contribution in [3.63, 3.8) is 0 Å². The molecule has 0 heterocycles. The molecule has 0 saturated heterocycles. The minimum atomic E-state index is 0.107. The maximum Gasteiger partial charge on any atom is 0.124 e. The van der Waals surface area contributed by atoms with Crippen LogP contribution in [-0.4, -0.2) is 33.7 Å². The van der Waals surface area contributed by atoms with E-state index < -0.39 is 0 Å². The number of hydrogen-bond acceptors (Lipinski definition) is 4. The van der Waals surface area contributed by atoms with Crippen LogP contribution in [0.4, 0.5) is 0 Å². The van der Waals surface area contributed by atoms with Crippen molar-refractivity contribution in [2.75, 3.05) is 0 Å². The number of nitrogens with zero attached hydrogens (tertiary/aromatic N) is 2. The number of para-hydroxylation sites is 2. The molecule has 2 N–H and O–H groups in total. The molecule has 0 amide bonds. The van der Waals surface area contributed by atoms with E-state index in [1.165, 1.54) is 0 Å². The highest BCUT2D eigenvalue weighted by molar-refractivity contribution is 6.03. The van der Waals surface area contributed by atoms with Gasteiger partial charge >= 0.3 is 0 Å². The van der Waals surface area contributed by atoms with Crippen LogP contribution in [0.5, 0.6) is 11.5 Å². The van der Waals surface area contributed by atoms with Gasteiger partial charge in [0, 0.05) is 22.6 Å². The number of aliphatic imine (C=N–C) groups is 2. The predicted octanol–water partition coefficient (Wildman–Crippen LogP) is 5.51. The van der Waals surface area contributed by atoms with Crippen molar-refractivity contribution in [2.45, 2.75) is 64.5 Å². The van der Waals surface area contributed by atoms with Crippen molar-refractivity contribution in [1.82, 2.24) is 0 Å². The Morgan fingerprint density at radius 1 is 0.750 bits per heavy atom. The molecule has 0 radical (unpaired) electrons. The molecule has 2 aromatic rings. The van der Waals surface area contributed by atoms with Crippen LogP contribution in [0, 0.1) is 0 Å². The highest BCUT2D eigenvalue weighted by Gasteiger charge is 2.26. The first-order valence-corrected chi connectivity index (χ1v) is 10.3. The molecule has 0 spiro atoms. The Labute approximate surface area is 167 Å². The lowest BCUT2D eigenvalue weighted by Crippen LogP contribution is -2.29. The van der Waals surface area contributed by atoms with Gasteiger partial charge in [-0.1, -0.05) is 51.0 Å². The van der Waals surface area contributed by atoms with Crippen LogP contribution in [0.1, 0.15) is 63.5 Å². The summed E-state index contributed by atoms with van der Waals surface area (Å²) in [6.45, 7) is 4.15. The van der Waals surface area contributed by atoms with Crippen LogP contribution < -0.4 is 0 Å². The summed E-state index contributed by atoms with van der Waals surface area (Å²) in [5.74, 6) is 0.560. The highest BCUT2D eigenvalue weighted by Crippen LogP contribution is 2.28. The number of aromatic hydroxyl groups is 2. The normalized spacial score (nSPS) is 20.9. The molecule has 28 heavy (non-hydrogen) atoms. The predicted molar refractivity (Wildman–Crippen MR) is 116 cm³/mol. The molecule has 2 atom stereocenters. The molecule has 2 aromatic carbocycles. The van der Waals surface area contributed by atoms with Crippen molar-refractivity contribution in [2.24, 2.45) is 9.98 Å². The van der Waals surface area contributed by atoms with Crippen LogP contribution in [0.15, 0.2) is 58.5 Å². The molecule has 2 unspecified atom stereocenters. The second kappa shape index (κ2) is 9.54. The van der Waals surface area contributed by atoms with Crippen LogP contribution >= 0.6 is 0 Å². The van der Waals surface area contributed by atoms with Gasteiger partial charge in [-0.25, -0.2) is 0 Å². The first kappa shape index (κ1) is 20.1. The molecule has 1 aliphatic rings. The average molecular weight is 379 g/mol. The van der Waals surface area contributed by atoms with Crippen molar-refractivity contribution < 1.29 is 10.2 Å². The first-order chi connectivity index (χ1) is 13.6. The van der Waals surface area contributed by atoms with Crippen LogP contribution in [0.25, 0.3) is 0 Å². The highest BCUT2D eigenvalue weighted by atomic mass is 16.3. The standard InChI is InChI=1S/C24H30N2O2/c1-3-19(17-11-5-9-15-23(17)27)25-21-13-7-8-14-22(21)26-20(4-2)18-12-6-10-16-24(18)28/h5-6,9-12,15-16,21-22,27-28H,3-4,7-8,13-14H2,1-2H3. The van der Waals surface area contributed by atoms with Gasteiger partial charge in [0.2, 0.25) is 0 Å². The van der Waals surface area contributed by atoms with Crippen LogP contribution in [-0.2, 0) is 0 Å². The van der Waals surface area contributed by atoms with Gasteiger partial charge < -0.3 is 10.2 Å². The summed E-state index contributed by atoms with van der Waals surface area (Å²) in [5, 5.41) is 20.5. The minimum absolute atomic E-state index is 0.107. The van der Waals surface area contributed by atoms with E-state index in [2.05, 4.69) is 13.8 Å². The Morgan fingerprint density at radius 3 is 1.50 bits per heavy atom. The molecule has 1 fully saturated rings. The third-order valence-corrected chi connectivity index (χ3v) is 5.44. The van der Waals surface area contributed by atoms with Gasteiger partial charge in [0.05, 0.1) is 12.1 Å². The largest absolute Gasteiger partial charge is 0.507 e.